The molecule has 1 aliphatic rings. The van der Waals surface area contributed by atoms with Gasteiger partial charge in [-0.15, -0.1) is 10.2 Å². The zero-order valence-electron chi connectivity index (χ0n) is 16.6. The molecule has 0 saturated carbocycles. The van der Waals surface area contributed by atoms with Crippen molar-refractivity contribution in [2.24, 2.45) is 5.92 Å². The summed E-state index contributed by atoms with van der Waals surface area (Å²) >= 11 is 1.35. The lowest BCUT2D eigenvalue weighted by Crippen LogP contribution is -2.40. The van der Waals surface area contributed by atoms with Crippen molar-refractivity contribution < 1.29 is 4.79 Å². The predicted molar refractivity (Wildman–Crippen MR) is 110 cm³/mol. The Bertz CT molecular complexity index is 794. The van der Waals surface area contributed by atoms with E-state index in [1.54, 1.807) is 0 Å². The zero-order chi connectivity index (χ0) is 19.6. The highest BCUT2D eigenvalue weighted by Crippen LogP contribution is 2.27. The minimum atomic E-state index is 0.0994. The van der Waals surface area contributed by atoms with Gasteiger partial charge in [0.15, 0.2) is 5.82 Å². The minimum Gasteiger partial charge on any atom is -0.342 e. The van der Waals surface area contributed by atoms with Crippen molar-refractivity contribution in [3.05, 3.63) is 29.8 Å². The third kappa shape index (κ3) is 4.64. The quantitative estimate of drug-likeness (QED) is 0.643. The molecule has 1 aromatic heterocycles. The molecule has 1 saturated heterocycles. The van der Waals surface area contributed by atoms with E-state index in [9.17, 15) is 4.79 Å². The highest BCUT2D eigenvalue weighted by Gasteiger charge is 2.22. The second kappa shape index (κ2) is 7.92. The molecule has 2 heterocycles. The van der Waals surface area contributed by atoms with Gasteiger partial charge in [-0.25, -0.2) is 4.68 Å². The van der Waals surface area contributed by atoms with Gasteiger partial charge in [0.2, 0.25) is 11.1 Å². The number of nitrogens with two attached hydrogens (primary N) is 1. The SMILES string of the molecule is CC1CCCN(C(=O)CSc2nnc(-c3ccc(C(C)(C)C)cc3)n2N)C1. The Morgan fingerprint density at radius 3 is 2.59 bits per heavy atom. The van der Waals surface area contributed by atoms with E-state index in [4.69, 9.17) is 5.84 Å². The van der Waals surface area contributed by atoms with E-state index in [0.717, 1.165) is 25.1 Å². The number of thioether (sulfide) groups is 1. The van der Waals surface area contributed by atoms with Crippen LogP contribution in [0, 0.1) is 5.92 Å². The van der Waals surface area contributed by atoms with Crippen LogP contribution in [0.3, 0.4) is 0 Å². The van der Waals surface area contributed by atoms with Crippen LogP contribution in [0.2, 0.25) is 0 Å². The number of nitrogens with zero attached hydrogens (tertiary/aromatic N) is 4. The number of piperidine rings is 1. The average Bonchev–Trinajstić information content (AvgIpc) is 2.99. The van der Waals surface area contributed by atoms with E-state index in [2.05, 4.69) is 50.0 Å². The second-order valence-corrected chi connectivity index (χ2v) is 9.32. The first-order chi connectivity index (χ1) is 12.8. The predicted octanol–water partition coefficient (Wildman–Crippen LogP) is 3.31. The van der Waals surface area contributed by atoms with Crippen LogP contribution in [-0.2, 0) is 10.2 Å². The molecule has 3 rings (SSSR count). The molecule has 0 aliphatic carbocycles. The molecule has 1 unspecified atom stereocenters. The summed E-state index contributed by atoms with van der Waals surface area (Å²) in [7, 11) is 0. The van der Waals surface area contributed by atoms with E-state index in [1.807, 2.05) is 17.0 Å². The van der Waals surface area contributed by atoms with Crippen LogP contribution in [0.4, 0.5) is 0 Å². The Morgan fingerprint density at radius 2 is 1.96 bits per heavy atom. The van der Waals surface area contributed by atoms with Gasteiger partial charge in [-0.3, -0.25) is 4.79 Å². The molecular formula is C20H29N5OS. The summed E-state index contributed by atoms with van der Waals surface area (Å²) in [6.45, 7) is 10.4. The summed E-state index contributed by atoms with van der Waals surface area (Å²) in [4.78, 5) is 14.4. The highest BCUT2D eigenvalue weighted by atomic mass is 32.2. The highest BCUT2D eigenvalue weighted by molar-refractivity contribution is 7.99. The maximum absolute atomic E-state index is 12.4. The molecule has 0 radical (unpaired) electrons. The van der Waals surface area contributed by atoms with Gasteiger partial charge in [0.05, 0.1) is 5.75 Å². The molecule has 0 spiro atoms. The van der Waals surface area contributed by atoms with Crippen LogP contribution in [0.15, 0.2) is 29.4 Å². The number of carbonyl (C=O) groups excluding carboxylic acids is 1. The van der Waals surface area contributed by atoms with Crippen molar-refractivity contribution in [1.29, 1.82) is 0 Å². The van der Waals surface area contributed by atoms with Crippen molar-refractivity contribution in [1.82, 2.24) is 19.8 Å². The lowest BCUT2D eigenvalue weighted by atomic mass is 9.87. The molecule has 2 N–H and O–H groups in total. The second-order valence-electron chi connectivity index (χ2n) is 8.38. The first-order valence-corrected chi connectivity index (χ1v) is 10.5. The fourth-order valence-electron chi connectivity index (χ4n) is 3.33. The zero-order valence-corrected chi connectivity index (χ0v) is 17.4. The molecule has 0 bridgehead atoms. The summed E-state index contributed by atoms with van der Waals surface area (Å²) in [5, 5.41) is 8.96. The van der Waals surface area contributed by atoms with Gasteiger partial charge in [-0.1, -0.05) is 63.7 Å². The van der Waals surface area contributed by atoms with Gasteiger partial charge < -0.3 is 10.7 Å². The summed E-state index contributed by atoms with van der Waals surface area (Å²) in [5.41, 5.74) is 2.27. The number of aromatic nitrogens is 3. The van der Waals surface area contributed by atoms with E-state index in [-0.39, 0.29) is 11.3 Å². The summed E-state index contributed by atoms with van der Waals surface area (Å²) in [6.07, 6.45) is 2.28. The van der Waals surface area contributed by atoms with Gasteiger partial charge in [0.1, 0.15) is 0 Å². The number of benzene rings is 1. The molecule has 27 heavy (non-hydrogen) atoms. The number of amides is 1. The maximum atomic E-state index is 12.4. The van der Waals surface area contributed by atoms with Gasteiger partial charge in [0, 0.05) is 18.7 Å². The van der Waals surface area contributed by atoms with Crippen LogP contribution in [-0.4, -0.2) is 44.5 Å². The van der Waals surface area contributed by atoms with Crippen molar-refractivity contribution in [2.45, 2.75) is 51.1 Å². The van der Waals surface area contributed by atoms with E-state index in [0.29, 0.717) is 22.7 Å². The van der Waals surface area contributed by atoms with Gasteiger partial charge in [0.25, 0.3) is 0 Å². The lowest BCUT2D eigenvalue weighted by Gasteiger charge is -2.30. The molecule has 7 heteroatoms. The maximum Gasteiger partial charge on any atom is 0.233 e. The normalized spacial score (nSPS) is 17.9. The number of carbonyl (C=O) groups is 1. The van der Waals surface area contributed by atoms with Crippen LogP contribution in [0.25, 0.3) is 11.4 Å². The summed E-state index contributed by atoms with van der Waals surface area (Å²) < 4.78 is 1.48. The number of hydrogen-bond donors (Lipinski definition) is 1. The molecule has 6 nitrogen and oxygen atoms in total. The smallest absolute Gasteiger partial charge is 0.233 e. The van der Waals surface area contributed by atoms with Crippen molar-refractivity contribution in [2.75, 3.05) is 24.7 Å². The Balaban J connectivity index is 1.66. The van der Waals surface area contributed by atoms with Crippen LogP contribution >= 0.6 is 11.8 Å². The van der Waals surface area contributed by atoms with E-state index >= 15 is 0 Å². The van der Waals surface area contributed by atoms with Crippen molar-refractivity contribution >= 4 is 17.7 Å². The van der Waals surface area contributed by atoms with Gasteiger partial charge in [-0.05, 0) is 29.7 Å². The lowest BCUT2D eigenvalue weighted by molar-refractivity contribution is -0.130. The fraction of sp³-hybridized carbons (Fsp3) is 0.550. The average molecular weight is 388 g/mol. The Labute approximate surface area is 165 Å². The third-order valence-corrected chi connectivity index (χ3v) is 5.94. The number of likely N-dealkylation sites (tertiary alicyclic amines) is 1. The topological polar surface area (TPSA) is 77.0 Å². The Kier molecular flexibility index (Phi) is 5.79. The summed E-state index contributed by atoms with van der Waals surface area (Å²) in [5.74, 6) is 7.86. The summed E-state index contributed by atoms with van der Waals surface area (Å²) in [6, 6.07) is 8.22. The molecule has 1 aliphatic heterocycles. The third-order valence-electron chi connectivity index (χ3n) is 5.01. The van der Waals surface area contributed by atoms with Crippen LogP contribution < -0.4 is 5.84 Å². The molecule has 146 valence electrons. The molecule has 1 aromatic carbocycles. The molecule has 2 aromatic rings. The first-order valence-electron chi connectivity index (χ1n) is 9.47. The fourth-order valence-corrected chi connectivity index (χ4v) is 4.08. The number of nitrogen functional groups attached to an aromatic ring is 1. The van der Waals surface area contributed by atoms with E-state index in [1.165, 1.54) is 28.4 Å². The Hall–Kier alpha value is -2.02. The molecule has 1 amide bonds. The van der Waals surface area contributed by atoms with Crippen LogP contribution in [0.5, 0.6) is 0 Å². The molecular weight excluding hydrogens is 358 g/mol. The Morgan fingerprint density at radius 1 is 1.26 bits per heavy atom. The number of rotatable bonds is 4. The van der Waals surface area contributed by atoms with Gasteiger partial charge in [-0.2, -0.15) is 0 Å². The van der Waals surface area contributed by atoms with Crippen molar-refractivity contribution in [3.8, 4) is 11.4 Å². The monoisotopic (exact) mass is 387 g/mol. The molecule has 1 fully saturated rings. The largest absolute Gasteiger partial charge is 0.342 e. The van der Waals surface area contributed by atoms with Crippen LogP contribution in [0.1, 0.15) is 46.1 Å². The van der Waals surface area contributed by atoms with E-state index < -0.39 is 0 Å². The first kappa shape index (κ1) is 19.7. The van der Waals surface area contributed by atoms with Crippen molar-refractivity contribution in [3.63, 3.8) is 0 Å². The standard InChI is InChI=1S/C20H29N5OS/c1-14-6-5-11-24(12-14)17(26)13-27-19-23-22-18(25(19)21)15-7-9-16(10-8-15)20(2,3)4/h7-10,14H,5-6,11-13,21H2,1-4H3. The number of hydrogen-bond acceptors (Lipinski definition) is 5. The molecule has 1 atom stereocenters. The van der Waals surface area contributed by atoms with Gasteiger partial charge >= 0.3 is 0 Å². The minimum absolute atomic E-state index is 0.0994.